The first-order valence-electron chi connectivity index (χ1n) is 6.56. The molecule has 3 rings (SSSR count). The number of hydrogen-bond donors (Lipinski definition) is 0. The minimum absolute atomic E-state index is 0.0537. The van der Waals surface area contributed by atoms with Gasteiger partial charge in [0.05, 0.1) is 17.5 Å². The Morgan fingerprint density at radius 3 is 2.60 bits per heavy atom. The molecule has 1 aromatic rings. The Kier molecular flexibility index (Phi) is 3.22. The van der Waals surface area contributed by atoms with E-state index >= 15 is 0 Å². The van der Waals surface area contributed by atoms with Crippen LogP contribution in [-0.4, -0.2) is 33.4 Å². The van der Waals surface area contributed by atoms with Crippen molar-refractivity contribution in [3.05, 3.63) is 35.4 Å². The van der Waals surface area contributed by atoms with Gasteiger partial charge in [-0.1, -0.05) is 30.4 Å². The van der Waals surface area contributed by atoms with Crippen molar-refractivity contribution >= 4 is 34.7 Å². The van der Waals surface area contributed by atoms with Crippen molar-refractivity contribution in [3.63, 3.8) is 0 Å². The van der Waals surface area contributed by atoms with Crippen molar-refractivity contribution in [2.75, 3.05) is 0 Å². The monoisotopic (exact) mass is 287 g/mol. The molecule has 1 aromatic carbocycles. The van der Waals surface area contributed by atoms with E-state index in [0.717, 1.165) is 5.56 Å². The van der Waals surface area contributed by atoms with Gasteiger partial charge < -0.3 is 0 Å². The molecule has 20 heavy (non-hydrogen) atoms. The third-order valence-corrected chi connectivity index (χ3v) is 4.17. The summed E-state index contributed by atoms with van der Waals surface area (Å²) in [6, 6.07) is 6.74. The third-order valence-electron chi connectivity index (χ3n) is 3.83. The van der Waals surface area contributed by atoms with E-state index in [1.165, 1.54) is 4.90 Å². The lowest BCUT2D eigenvalue weighted by atomic mass is 9.89. The van der Waals surface area contributed by atoms with Gasteiger partial charge in [-0.25, -0.2) is 0 Å². The molecule has 2 aliphatic rings. The number of amides is 1. The molecule has 4 nitrogen and oxygen atoms in total. The van der Waals surface area contributed by atoms with Gasteiger partial charge in [-0.05, 0) is 18.1 Å². The predicted molar refractivity (Wildman–Crippen MR) is 76.6 cm³/mol. The van der Waals surface area contributed by atoms with Gasteiger partial charge in [0.15, 0.2) is 5.78 Å². The smallest absolute Gasteiger partial charge is 0.259 e. The fraction of sp³-hybridized carbons (Fsp3) is 0.333. The number of nitrogens with zero attached hydrogens (tertiary/aromatic N) is 1. The SMILES string of the molecule is O=C1CCC(N2C(=O)c3ccccc3CC2=S)C(=O)C1. The zero-order valence-corrected chi connectivity index (χ0v) is 11.6. The second-order valence-electron chi connectivity index (χ2n) is 5.14. The molecule has 1 atom stereocenters. The Balaban J connectivity index is 1.95. The molecule has 0 spiro atoms. The predicted octanol–water partition coefficient (Wildman–Crippen LogP) is 1.70. The maximum Gasteiger partial charge on any atom is 0.259 e. The Hall–Kier alpha value is -1.88. The summed E-state index contributed by atoms with van der Waals surface area (Å²) in [6.45, 7) is 0. The lowest BCUT2D eigenvalue weighted by Gasteiger charge is -2.36. The van der Waals surface area contributed by atoms with Crippen LogP contribution in [0.5, 0.6) is 0 Å². The van der Waals surface area contributed by atoms with E-state index in [4.69, 9.17) is 12.2 Å². The molecule has 1 unspecified atom stereocenters. The fourth-order valence-electron chi connectivity index (χ4n) is 2.82. The number of thiocarbonyl (C=S) groups is 1. The van der Waals surface area contributed by atoms with Crippen LogP contribution in [0.1, 0.15) is 35.2 Å². The van der Waals surface area contributed by atoms with Crippen LogP contribution in [-0.2, 0) is 16.0 Å². The topological polar surface area (TPSA) is 54.5 Å². The summed E-state index contributed by atoms with van der Waals surface area (Å²) in [7, 11) is 0. The lowest BCUT2D eigenvalue weighted by Crippen LogP contribution is -2.52. The van der Waals surface area contributed by atoms with Crippen molar-refractivity contribution in [2.24, 2.45) is 0 Å². The molecular weight excluding hydrogens is 274 g/mol. The number of benzene rings is 1. The zero-order valence-electron chi connectivity index (χ0n) is 10.8. The van der Waals surface area contributed by atoms with Crippen LogP contribution in [0.15, 0.2) is 24.3 Å². The van der Waals surface area contributed by atoms with E-state index in [9.17, 15) is 14.4 Å². The quantitative estimate of drug-likeness (QED) is 0.583. The molecule has 0 radical (unpaired) electrons. The molecule has 1 amide bonds. The van der Waals surface area contributed by atoms with Crippen LogP contribution in [0, 0.1) is 0 Å². The highest BCUT2D eigenvalue weighted by Gasteiger charge is 2.39. The molecule has 0 bridgehead atoms. The fourth-order valence-corrected chi connectivity index (χ4v) is 3.19. The first-order chi connectivity index (χ1) is 9.58. The summed E-state index contributed by atoms with van der Waals surface area (Å²) in [4.78, 5) is 37.8. The number of ketones is 2. The maximum atomic E-state index is 12.6. The molecule has 0 N–H and O–H groups in total. The van der Waals surface area contributed by atoms with E-state index in [1.807, 2.05) is 12.1 Å². The molecule has 0 saturated heterocycles. The summed E-state index contributed by atoms with van der Waals surface area (Å²) >= 11 is 5.31. The van der Waals surface area contributed by atoms with Crippen LogP contribution in [0.2, 0.25) is 0 Å². The van der Waals surface area contributed by atoms with E-state index in [-0.39, 0.29) is 23.9 Å². The van der Waals surface area contributed by atoms with Gasteiger partial charge in [0.1, 0.15) is 5.78 Å². The van der Waals surface area contributed by atoms with E-state index in [0.29, 0.717) is 29.8 Å². The summed E-state index contributed by atoms with van der Waals surface area (Å²) in [5.74, 6) is -0.470. The second kappa shape index (κ2) is 4.90. The maximum absolute atomic E-state index is 12.6. The number of fused-ring (bicyclic) bond motifs is 1. The van der Waals surface area contributed by atoms with Gasteiger partial charge in [0.2, 0.25) is 0 Å². The molecule has 1 aliphatic heterocycles. The van der Waals surface area contributed by atoms with Gasteiger partial charge in [0, 0.05) is 18.4 Å². The van der Waals surface area contributed by atoms with Crippen molar-refractivity contribution in [1.29, 1.82) is 0 Å². The summed E-state index contributed by atoms with van der Waals surface area (Å²) < 4.78 is 0. The molecule has 1 heterocycles. The molecule has 102 valence electrons. The Morgan fingerprint density at radius 2 is 1.85 bits per heavy atom. The van der Waals surface area contributed by atoms with Gasteiger partial charge >= 0.3 is 0 Å². The van der Waals surface area contributed by atoms with Crippen molar-refractivity contribution in [2.45, 2.75) is 31.7 Å². The first-order valence-corrected chi connectivity index (χ1v) is 6.97. The highest BCUT2D eigenvalue weighted by molar-refractivity contribution is 7.80. The summed E-state index contributed by atoms with van der Waals surface area (Å²) in [5.41, 5.74) is 1.50. The van der Waals surface area contributed by atoms with E-state index in [1.54, 1.807) is 12.1 Å². The lowest BCUT2D eigenvalue weighted by molar-refractivity contribution is -0.132. The summed E-state index contributed by atoms with van der Waals surface area (Å²) in [6.07, 6.45) is 1.13. The largest absolute Gasteiger partial charge is 0.299 e. The third kappa shape index (κ3) is 2.08. The standard InChI is InChI=1S/C15H13NO3S/c17-10-5-6-12(13(18)8-10)16-14(20)7-9-3-1-2-4-11(9)15(16)19/h1-4,12H,5-8H2. The molecule has 1 saturated carbocycles. The molecule has 1 aliphatic carbocycles. The number of Topliss-reactive ketones (excluding diaryl/α,β-unsaturated/α-hetero) is 2. The van der Waals surface area contributed by atoms with Crippen LogP contribution in [0.25, 0.3) is 0 Å². The van der Waals surface area contributed by atoms with Gasteiger partial charge in [-0.2, -0.15) is 0 Å². The Labute approximate surface area is 121 Å². The number of carbonyl (C=O) groups is 3. The number of hydrogen-bond acceptors (Lipinski definition) is 4. The van der Waals surface area contributed by atoms with Gasteiger partial charge in [-0.15, -0.1) is 0 Å². The van der Waals surface area contributed by atoms with Crippen LogP contribution < -0.4 is 0 Å². The average Bonchev–Trinajstić information content (AvgIpc) is 2.41. The van der Waals surface area contributed by atoms with Gasteiger partial charge in [-0.3, -0.25) is 19.3 Å². The molecule has 1 fully saturated rings. The Bertz CT molecular complexity index is 638. The van der Waals surface area contributed by atoms with Crippen LogP contribution in [0.3, 0.4) is 0 Å². The minimum Gasteiger partial charge on any atom is -0.299 e. The highest BCUT2D eigenvalue weighted by atomic mass is 32.1. The number of carbonyl (C=O) groups excluding carboxylic acids is 3. The van der Waals surface area contributed by atoms with E-state index < -0.39 is 6.04 Å². The second-order valence-corrected chi connectivity index (χ2v) is 5.61. The zero-order chi connectivity index (χ0) is 14.3. The van der Waals surface area contributed by atoms with Crippen molar-refractivity contribution in [3.8, 4) is 0 Å². The highest BCUT2D eigenvalue weighted by Crippen LogP contribution is 2.26. The normalized spacial score (nSPS) is 23.0. The average molecular weight is 287 g/mol. The number of rotatable bonds is 1. The Morgan fingerprint density at radius 1 is 1.10 bits per heavy atom. The molecular formula is C15H13NO3S. The molecule has 5 heteroatoms. The van der Waals surface area contributed by atoms with Crippen molar-refractivity contribution < 1.29 is 14.4 Å². The first kappa shape index (κ1) is 13.1. The van der Waals surface area contributed by atoms with Crippen molar-refractivity contribution in [1.82, 2.24) is 4.90 Å². The van der Waals surface area contributed by atoms with E-state index in [2.05, 4.69) is 0 Å². The van der Waals surface area contributed by atoms with Gasteiger partial charge in [0.25, 0.3) is 5.91 Å². The molecule has 0 aromatic heterocycles. The minimum atomic E-state index is -0.568. The van der Waals surface area contributed by atoms with Crippen LogP contribution in [0.4, 0.5) is 0 Å². The summed E-state index contributed by atoms with van der Waals surface area (Å²) in [5, 5.41) is 0. The van der Waals surface area contributed by atoms with Crippen LogP contribution >= 0.6 is 12.2 Å².